The van der Waals surface area contributed by atoms with Gasteiger partial charge in [-0.25, -0.2) is 4.98 Å². The van der Waals surface area contributed by atoms with Crippen molar-refractivity contribution in [1.82, 2.24) is 30.5 Å². The van der Waals surface area contributed by atoms with E-state index in [-0.39, 0.29) is 61.1 Å². The number of likely N-dealkylation sites (N-methyl/N-ethyl adjacent to an activating group) is 1. The average Bonchev–Trinajstić information content (AvgIpc) is 2.98. The van der Waals surface area contributed by atoms with Crippen LogP contribution in [0.5, 0.6) is 0 Å². The van der Waals surface area contributed by atoms with E-state index in [1.165, 1.54) is 41.5 Å². The molecule has 4 saturated carbocycles. The van der Waals surface area contributed by atoms with E-state index < -0.39 is 40.7 Å². The quantitative estimate of drug-likeness (QED) is 0.205. The first kappa shape index (κ1) is 31.0. The van der Waals surface area contributed by atoms with Crippen LogP contribution in [0.3, 0.4) is 0 Å². The minimum atomic E-state index is -1.30. The van der Waals surface area contributed by atoms with Crippen LogP contribution in [0.25, 0.3) is 0 Å². The van der Waals surface area contributed by atoms with Gasteiger partial charge in [0.1, 0.15) is 24.0 Å². The second kappa shape index (κ2) is 13.0. The molecule has 234 valence electrons. The predicted octanol–water partition coefficient (Wildman–Crippen LogP) is -0.0834. The Morgan fingerprint density at radius 2 is 1.86 bits per heavy atom. The number of ketones is 1. The molecule has 4 fully saturated rings. The average molecular weight is 608 g/mol. The Bertz CT molecular complexity index is 1480. The minimum absolute atomic E-state index is 0.0429. The number of rotatable bonds is 12. The van der Waals surface area contributed by atoms with Crippen LogP contribution in [-0.2, 0) is 25.7 Å². The van der Waals surface area contributed by atoms with Crippen molar-refractivity contribution in [3.8, 4) is 0 Å². The van der Waals surface area contributed by atoms with Crippen molar-refractivity contribution < 1.29 is 29.1 Å². The molecule has 2 aromatic heterocycles. The molecule has 4 aliphatic carbocycles. The molecular formula is C30H37N7O7. The lowest BCUT2D eigenvalue weighted by atomic mass is 9.52. The molecule has 2 aromatic rings. The molecule has 14 heteroatoms. The van der Waals surface area contributed by atoms with Gasteiger partial charge in [0, 0.05) is 37.6 Å². The largest absolute Gasteiger partial charge is 0.390 e. The number of nitrogens with one attached hydrogen (secondary N) is 4. The molecule has 0 aromatic carbocycles. The second-order valence-corrected chi connectivity index (χ2v) is 12.1. The van der Waals surface area contributed by atoms with E-state index >= 15 is 0 Å². The molecule has 14 nitrogen and oxygen atoms in total. The summed E-state index contributed by atoms with van der Waals surface area (Å²) in [6.45, 7) is 1.65. The van der Waals surface area contributed by atoms with E-state index in [2.05, 4.69) is 31.2 Å². The summed E-state index contributed by atoms with van der Waals surface area (Å²) in [5.74, 6) is -2.51. The molecule has 6 rings (SSSR count). The summed E-state index contributed by atoms with van der Waals surface area (Å²) in [7, 11) is 0. The second-order valence-electron chi connectivity index (χ2n) is 12.1. The van der Waals surface area contributed by atoms with Crippen molar-refractivity contribution in [3.63, 3.8) is 0 Å². The van der Waals surface area contributed by atoms with Gasteiger partial charge >= 0.3 is 0 Å². The van der Waals surface area contributed by atoms with Gasteiger partial charge in [-0.1, -0.05) is 0 Å². The molecule has 0 aliphatic heterocycles. The Morgan fingerprint density at radius 1 is 1.11 bits per heavy atom. The minimum Gasteiger partial charge on any atom is -0.390 e. The van der Waals surface area contributed by atoms with Gasteiger partial charge in [0.25, 0.3) is 17.4 Å². The lowest BCUT2D eigenvalue weighted by Gasteiger charge is -2.58. The van der Waals surface area contributed by atoms with Gasteiger partial charge in [-0.3, -0.25) is 33.8 Å². The molecule has 0 radical (unpaired) electrons. The predicted molar refractivity (Wildman–Crippen MR) is 156 cm³/mol. The molecule has 3 atom stereocenters. The number of anilines is 1. The molecule has 0 spiro atoms. The summed E-state index contributed by atoms with van der Waals surface area (Å²) >= 11 is 0. The summed E-state index contributed by atoms with van der Waals surface area (Å²) in [6.07, 6.45) is 8.91. The smallest absolute Gasteiger partial charge is 0.287 e. The van der Waals surface area contributed by atoms with Crippen LogP contribution in [0.15, 0.2) is 41.7 Å². The fraction of sp³-hybridized carbons (Fsp3) is 0.533. The Balaban J connectivity index is 1.24. The topological polar surface area (TPSA) is 201 Å². The van der Waals surface area contributed by atoms with Crippen molar-refractivity contribution in [1.29, 1.82) is 0 Å². The van der Waals surface area contributed by atoms with E-state index in [0.29, 0.717) is 18.8 Å². The lowest BCUT2D eigenvalue weighted by molar-refractivity contribution is -0.146. The number of aromatic nitrogens is 3. The standard InChI is InChI=1S/C30H37N7O7/c1-2-32-28(42)23(38)6-5-20(34-27(41)22-15-31-7-8-33-22)26(40)35-21-4-3-9-37(29(21)43)16-24(39)36-25-18-10-17-11-19(25)14-30(44,12-17)13-18/h3-4,7-9,15,17-20,25,44H,2,5-6,10-14,16H2,1H3,(H,32,42)(H,34,41)(H,35,40)(H,36,39)/t17?,18?,19?,20-,25?,30?/m0/s1. The van der Waals surface area contributed by atoms with Crippen molar-refractivity contribution >= 4 is 35.1 Å². The van der Waals surface area contributed by atoms with E-state index in [1.807, 2.05) is 0 Å². The number of carbonyl (C=O) groups excluding carboxylic acids is 5. The van der Waals surface area contributed by atoms with Crippen LogP contribution >= 0.6 is 0 Å². The third kappa shape index (κ3) is 7.01. The Hall–Kier alpha value is -4.46. The third-order valence-corrected chi connectivity index (χ3v) is 8.83. The van der Waals surface area contributed by atoms with Crippen LogP contribution in [0, 0.1) is 17.8 Å². The summed E-state index contributed by atoms with van der Waals surface area (Å²) in [6, 6.07) is 1.54. The maximum atomic E-state index is 13.3. The fourth-order valence-electron chi connectivity index (χ4n) is 7.15. The zero-order chi connectivity index (χ0) is 31.4. The number of carbonyl (C=O) groups is 5. The Labute approximate surface area is 253 Å². The van der Waals surface area contributed by atoms with Gasteiger partial charge in [0.15, 0.2) is 0 Å². The Kier molecular flexibility index (Phi) is 9.18. The third-order valence-electron chi connectivity index (χ3n) is 8.83. The summed E-state index contributed by atoms with van der Waals surface area (Å²) in [5.41, 5.74) is -1.45. The monoisotopic (exact) mass is 607 g/mol. The van der Waals surface area contributed by atoms with Gasteiger partial charge < -0.3 is 30.9 Å². The van der Waals surface area contributed by atoms with Gasteiger partial charge in [-0.05, 0) is 75.3 Å². The Morgan fingerprint density at radius 3 is 2.52 bits per heavy atom. The molecule has 44 heavy (non-hydrogen) atoms. The number of pyridine rings is 1. The first-order chi connectivity index (χ1) is 21.0. The summed E-state index contributed by atoms with van der Waals surface area (Å²) in [4.78, 5) is 84.1. The maximum Gasteiger partial charge on any atom is 0.287 e. The highest BCUT2D eigenvalue weighted by Crippen LogP contribution is 2.55. The van der Waals surface area contributed by atoms with Crippen LogP contribution in [0.1, 0.15) is 62.4 Å². The van der Waals surface area contributed by atoms with E-state index in [0.717, 1.165) is 19.3 Å². The van der Waals surface area contributed by atoms with Crippen molar-refractivity contribution in [3.05, 3.63) is 53.0 Å². The van der Waals surface area contributed by atoms with Gasteiger partial charge in [0.05, 0.1) is 11.8 Å². The lowest BCUT2D eigenvalue weighted by Crippen LogP contribution is -2.61. The van der Waals surface area contributed by atoms with Crippen LogP contribution in [-0.4, -0.2) is 73.3 Å². The van der Waals surface area contributed by atoms with Gasteiger partial charge in [-0.15, -0.1) is 0 Å². The maximum absolute atomic E-state index is 13.3. The molecule has 4 aliphatic rings. The number of aliphatic hydroxyl groups is 1. The summed E-state index contributed by atoms with van der Waals surface area (Å²) < 4.78 is 1.18. The number of Topliss-reactive ketones (excluding diaryl/α,β-unsaturated/α-hetero) is 1. The number of hydrogen-bond donors (Lipinski definition) is 5. The SMILES string of the molecule is CCNC(=O)C(=O)CC[C@H](NC(=O)c1cnccn1)C(=O)Nc1cccn(CC(=O)NC2C3CC4CC2CC(O)(C4)C3)c1=O. The normalized spacial score (nSPS) is 25.5. The van der Waals surface area contributed by atoms with Crippen LogP contribution in [0.2, 0.25) is 0 Å². The van der Waals surface area contributed by atoms with Gasteiger partial charge in [-0.2, -0.15) is 0 Å². The molecule has 5 N–H and O–H groups in total. The molecule has 0 saturated heterocycles. The number of nitrogens with zero attached hydrogens (tertiary/aromatic N) is 3. The zero-order valence-electron chi connectivity index (χ0n) is 24.5. The molecule has 2 unspecified atom stereocenters. The summed E-state index contributed by atoms with van der Waals surface area (Å²) in [5, 5.41) is 21.3. The first-order valence-electron chi connectivity index (χ1n) is 14.9. The molecular weight excluding hydrogens is 570 g/mol. The highest BCUT2D eigenvalue weighted by Gasteiger charge is 2.55. The van der Waals surface area contributed by atoms with Crippen LogP contribution < -0.4 is 26.8 Å². The van der Waals surface area contributed by atoms with Crippen LogP contribution in [0.4, 0.5) is 5.69 Å². The highest BCUT2D eigenvalue weighted by atomic mass is 16.3. The molecule has 4 amide bonds. The molecule has 2 heterocycles. The first-order valence-corrected chi connectivity index (χ1v) is 14.9. The van der Waals surface area contributed by atoms with E-state index in [4.69, 9.17) is 0 Å². The van der Waals surface area contributed by atoms with E-state index in [1.54, 1.807) is 6.92 Å². The number of hydrogen-bond acceptors (Lipinski definition) is 9. The van der Waals surface area contributed by atoms with Crippen molar-refractivity contribution in [2.24, 2.45) is 17.8 Å². The van der Waals surface area contributed by atoms with Gasteiger partial charge in [0.2, 0.25) is 17.6 Å². The molecule has 4 bridgehead atoms. The van der Waals surface area contributed by atoms with Crippen molar-refractivity contribution in [2.75, 3.05) is 11.9 Å². The van der Waals surface area contributed by atoms with Crippen molar-refractivity contribution in [2.45, 2.75) is 76.1 Å². The highest BCUT2D eigenvalue weighted by molar-refractivity contribution is 6.36. The fourth-order valence-corrected chi connectivity index (χ4v) is 7.15. The van der Waals surface area contributed by atoms with E-state index in [9.17, 15) is 33.9 Å². The zero-order valence-corrected chi connectivity index (χ0v) is 24.5. The number of amides is 4.